The van der Waals surface area contributed by atoms with Gasteiger partial charge in [-0.25, -0.2) is 4.79 Å². The first kappa shape index (κ1) is 16.3. The van der Waals surface area contributed by atoms with Gasteiger partial charge in [0, 0.05) is 14.5 Å². The van der Waals surface area contributed by atoms with Gasteiger partial charge in [0.1, 0.15) is 5.75 Å². The molecule has 0 heterocycles. The van der Waals surface area contributed by atoms with Crippen molar-refractivity contribution in [3.8, 4) is 5.75 Å². The normalized spacial score (nSPS) is 10.8. The highest BCUT2D eigenvalue weighted by atomic mass is 79.9. The number of carbonyl (C=O) groups excluding carboxylic acids is 1. The van der Waals surface area contributed by atoms with Gasteiger partial charge in [0.15, 0.2) is 0 Å². The fourth-order valence-electron chi connectivity index (χ4n) is 1.89. The Hall–Kier alpha value is -1.03. The monoisotopic (exact) mass is 386 g/mol. The summed E-state index contributed by atoms with van der Waals surface area (Å²) >= 11 is 15.2. The molecule has 21 heavy (non-hydrogen) atoms. The van der Waals surface area contributed by atoms with Crippen molar-refractivity contribution < 1.29 is 9.53 Å². The summed E-state index contributed by atoms with van der Waals surface area (Å²) in [6.07, 6.45) is 0. The highest BCUT2D eigenvalue weighted by Crippen LogP contribution is 2.30. The zero-order valence-electron chi connectivity index (χ0n) is 11.5. The van der Waals surface area contributed by atoms with Crippen molar-refractivity contribution in [1.29, 1.82) is 0 Å². The van der Waals surface area contributed by atoms with E-state index in [2.05, 4.69) is 15.9 Å². The van der Waals surface area contributed by atoms with Crippen LogP contribution in [-0.2, 0) is 0 Å². The quantitative estimate of drug-likeness (QED) is 0.469. The third kappa shape index (κ3) is 4.22. The first-order valence-electron chi connectivity index (χ1n) is 6.34. The molecular formula is C16H13BrCl2O2. The molecule has 0 N–H and O–H groups in total. The topological polar surface area (TPSA) is 26.3 Å². The molecule has 5 heteroatoms. The second-order valence-corrected chi connectivity index (χ2v) is 6.67. The minimum atomic E-state index is -0.483. The Kier molecular flexibility index (Phi) is 5.31. The van der Waals surface area contributed by atoms with Crippen LogP contribution in [-0.4, -0.2) is 5.97 Å². The zero-order valence-corrected chi connectivity index (χ0v) is 14.6. The highest BCUT2D eigenvalue weighted by Gasteiger charge is 2.15. The third-order valence-electron chi connectivity index (χ3n) is 2.89. The molecule has 0 radical (unpaired) electrons. The Morgan fingerprint density at radius 3 is 2.29 bits per heavy atom. The summed E-state index contributed by atoms with van der Waals surface area (Å²) in [5.74, 6) is 0.283. The largest absolute Gasteiger partial charge is 0.423 e. The average Bonchev–Trinajstić information content (AvgIpc) is 2.39. The van der Waals surface area contributed by atoms with Crippen LogP contribution in [0.1, 0.15) is 35.7 Å². The second kappa shape index (κ2) is 6.82. The van der Waals surface area contributed by atoms with Crippen molar-refractivity contribution >= 4 is 45.1 Å². The molecule has 2 nitrogen and oxygen atoms in total. The van der Waals surface area contributed by atoms with E-state index in [1.54, 1.807) is 12.1 Å². The van der Waals surface area contributed by atoms with E-state index in [9.17, 15) is 4.79 Å². The van der Waals surface area contributed by atoms with Crippen molar-refractivity contribution in [2.45, 2.75) is 19.8 Å². The number of hydrogen-bond donors (Lipinski definition) is 0. The molecule has 0 fully saturated rings. The molecule has 0 amide bonds. The van der Waals surface area contributed by atoms with E-state index in [0.717, 1.165) is 10.0 Å². The summed E-state index contributed by atoms with van der Waals surface area (Å²) in [5, 5.41) is 0.795. The van der Waals surface area contributed by atoms with Gasteiger partial charge in [0.05, 0.1) is 5.56 Å². The zero-order chi connectivity index (χ0) is 15.6. The summed E-state index contributed by atoms with van der Waals surface area (Å²) in [7, 11) is 0. The van der Waals surface area contributed by atoms with Crippen molar-refractivity contribution in [1.82, 2.24) is 0 Å². The van der Waals surface area contributed by atoms with Gasteiger partial charge in [-0.15, -0.1) is 0 Å². The van der Waals surface area contributed by atoms with Gasteiger partial charge in [0.2, 0.25) is 0 Å². The molecule has 0 unspecified atom stereocenters. The van der Waals surface area contributed by atoms with Gasteiger partial charge in [-0.05, 0) is 47.9 Å². The summed E-state index contributed by atoms with van der Waals surface area (Å²) in [5.41, 5.74) is 1.27. The van der Waals surface area contributed by atoms with Gasteiger partial charge in [0.25, 0.3) is 0 Å². The predicted octanol–water partition coefficient (Wildman–Crippen LogP) is 6.10. The molecule has 0 aromatic heterocycles. The summed E-state index contributed by atoms with van der Waals surface area (Å²) in [6.45, 7) is 4.07. The molecule has 2 rings (SSSR count). The van der Waals surface area contributed by atoms with E-state index >= 15 is 0 Å². The average molecular weight is 388 g/mol. The van der Waals surface area contributed by atoms with Gasteiger partial charge >= 0.3 is 5.97 Å². The molecule has 0 aliphatic carbocycles. The summed E-state index contributed by atoms with van der Waals surface area (Å²) in [4.78, 5) is 12.2. The first-order valence-corrected chi connectivity index (χ1v) is 7.89. The highest BCUT2D eigenvalue weighted by molar-refractivity contribution is 9.10. The molecule has 2 aromatic carbocycles. The number of rotatable bonds is 3. The molecule has 0 aliphatic rings. The number of ether oxygens (including phenoxy) is 1. The lowest BCUT2D eigenvalue weighted by molar-refractivity contribution is 0.0733. The van der Waals surface area contributed by atoms with Crippen LogP contribution < -0.4 is 4.74 Å². The molecule has 2 aromatic rings. The summed E-state index contributed by atoms with van der Waals surface area (Å²) in [6, 6.07) is 10.2. The van der Waals surface area contributed by atoms with E-state index in [0.29, 0.717) is 21.4 Å². The third-order valence-corrected chi connectivity index (χ3v) is 3.82. The number of benzene rings is 2. The van der Waals surface area contributed by atoms with Crippen LogP contribution in [0, 0.1) is 0 Å². The maximum atomic E-state index is 12.2. The SMILES string of the molecule is CC(C)c1cc(Br)ccc1OC(=O)c1cc(Cl)cc(Cl)c1. The molecule has 0 saturated heterocycles. The van der Waals surface area contributed by atoms with E-state index in [4.69, 9.17) is 27.9 Å². The molecule has 0 saturated carbocycles. The van der Waals surface area contributed by atoms with Crippen LogP contribution in [0.25, 0.3) is 0 Å². The van der Waals surface area contributed by atoms with E-state index < -0.39 is 5.97 Å². The first-order chi connectivity index (χ1) is 9.86. The minimum absolute atomic E-state index is 0.230. The Labute approximate surface area is 142 Å². The Morgan fingerprint density at radius 1 is 1.10 bits per heavy atom. The molecule has 110 valence electrons. The Balaban J connectivity index is 2.31. The van der Waals surface area contributed by atoms with Crippen molar-refractivity contribution in [3.63, 3.8) is 0 Å². The summed E-state index contributed by atoms with van der Waals surface area (Å²) < 4.78 is 6.42. The predicted molar refractivity (Wildman–Crippen MR) is 89.7 cm³/mol. The van der Waals surface area contributed by atoms with Crippen molar-refractivity contribution in [3.05, 3.63) is 62.0 Å². The van der Waals surface area contributed by atoms with Crippen molar-refractivity contribution in [2.24, 2.45) is 0 Å². The smallest absolute Gasteiger partial charge is 0.343 e. The van der Waals surface area contributed by atoms with Crippen LogP contribution >= 0.6 is 39.1 Å². The Morgan fingerprint density at radius 2 is 1.71 bits per heavy atom. The molecular weight excluding hydrogens is 375 g/mol. The lowest BCUT2D eigenvalue weighted by Crippen LogP contribution is -2.10. The van der Waals surface area contributed by atoms with Crippen molar-refractivity contribution in [2.75, 3.05) is 0 Å². The second-order valence-electron chi connectivity index (χ2n) is 4.88. The number of carbonyl (C=O) groups is 1. The maximum absolute atomic E-state index is 12.2. The standard InChI is InChI=1S/C16H13BrCl2O2/c1-9(2)14-7-11(17)3-4-15(14)21-16(20)10-5-12(18)8-13(19)6-10/h3-9H,1-2H3. The van der Waals surface area contributed by atoms with Crippen LogP contribution in [0.4, 0.5) is 0 Å². The number of hydrogen-bond acceptors (Lipinski definition) is 2. The molecule has 0 aliphatic heterocycles. The van der Waals surface area contributed by atoms with Crippen LogP contribution in [0.15, 0.2) is 40.9 Å². The van der Waals surface area contributed by atoms with E-state index in [-0.39, 0.29) is 5.92 Å². The number of esters is 1. The van der Waals surface area contributed by atoms with Crippen LogP contribution in [0.5, 0.6) is 5.75 Å². The lowest BCUT2D eigenvalue weighted by atomic mass is 10.0. The fourth-order valence-corrected chi connectivity index (χ4v) is 2.80. The van der Waals surface area contributed by atoms with Crippen LogP contribution in [0.2, 0.25) is 10.0 Å². The van der Waals surface area contributed by atoms with E-state index in [1.807, 2.05) is 26.0 Å². The van der Waals surface area contributed by atoms with Gasteiger partial charge in [-0.3, -0.25) is 0 Å². The van der Waals surface area contributed by atoms with Gasteiger partial charge in [-0.1, -0.05) is 53.0 Å². The minimum Gasteiger partial charge on any atom is -0.423 e. The molecule has 0 atom stereocenters. The Bertz CT molecular complexity index is 664. The number of halogens is 3. The maximum Gasteiger partial charge on any atom is 0.343 e. The van der Waals surface area contributed by atoms with Crippen LogP contribution in [0.3, 0.4) is 0 Å². The van der Waals surface area contributed by atoms with E-state index in [1.165, 1.54) is 12.1 Å². The van der Waals surface area contributed by atoms with Gasteiger partial charge < -0.3 is 4.74 Å². The molecule has 0 bridgehead atoms. The fraction of sp³-hybridized carbons (Fsp3) is 0.188. The lowest BCUT2D eigenvalue weighted by Gasteiger charge is -2.13. The van der Waals surface area contributed by atoms with Gasteiger partial charge in [-0.2, -0.15) is 0 Å². The molecule has 0 spiro atoms.